The molecule has 2 rings (SSSR count). The second-order valence-electron chi connectivity index (χ2n) is 5.30. The second kappa shape index (κ2) is 8.68. The molecule has 0 aliphatic heterocycles. The lowest BCUT2D eigenvalue weighted by Crippen LogP contribution is -2.33. The van der Waals surface area contributed by atoms with Crippen molar-refractivity contribution in [2.45, 2.75) is 24.9 Å². The molecule has 1 aromatic carbocycles. The van der Waals surface area contributed by atoms with Gasteiger partial charge in [-0.3, -0.25) is 14.4 Å². The van der Waals surface area contributed by atoms with Gasteiger partial charge in [-0.25, -0.2) is 4.68 Å². The zero-order valence-corrected chi connectivity index (χ0v) is 15.1. The quantitative estimate of drug-likeness (QED) is 0.699. The molecular weight excluding hydrogens is 364 g/mol. The van der Waals surface area contributed by atoms with Gasteiger partial charge in [-0.1, -0.05) is 41.4 Å². The van der Waals surface area contributed by atoms with Crippen LogP contribution in [0.3, 0.4) is 0 Å². The SMILES string of the molecule is Cc1ccc(CNC(=O)Cn2ncc(SCC(N)=O)c(Cl)c2=O)cc1. The standard InChI is InChI=1S/C16H17ClN4O3S/c1-10-2-4-11(5-3-10)6-19-14(23)8-21-16(24)15(17)12(7-20-21)25-9-13(18)22/h2-5,7H,6,8-9H2,1H3,(H2,18,22)(H,19,23). The smallest absolute Gasteiger partial charge is 0.287 e. The van der Waals surface area contributed by atoms with Crippen LogP contribution in [0.25, 0.3) is 0 Å². The van der Waals surface area contributed by atoms with Crippen molar-refractivity contribution in [2.24, 2.45) is 5.73 Å². The van der Waals surface area contributed by atoms with Crippen LogP contribution in [0.2, 0.25) is 5.02 Å². The summed E-state index contributed by atoms with van der Waals surface area (Å²) in [6, 6.07) is 7.74. The topological polar surface area (TPSA) is 107 Å². The van der Waals surface area contributed by atoms with E-state index in [9.17, 15) is 14.4 Å². The predicted octanol–water partition coefficient (Wildman–Crippen LogP) is 1.10. The van der Waals surface area contributed by atoms with Gasteiger partial charge in [-0.05, 0) is 12.5 Å². The first-order valence-electron chi connectivity index (χ1n) is 7.36. The number of nitrogens with one attached hydrogen (secondary N) is 1. The van der Waals surface area contributed by atoms with Crippen LogP contribution in [0, 0.1) is 6.92 Å². The van der Waals surface area contributed by atoms with Crippen molar-refractivity contribution in [1.29, 1.82) is 0 Å². The number of hydrogen-bond donors (Lipinski definition) is 2. The summed E-state index contributed by atoms with van der Waals surface area (Å²) in [6.07, 6.45) is 1.34. The number of carbonyl (C=O) groups excluding carboxylic acids is 2. The van der Waals surface area contributed by atoms with Gasteiger partial charge in [0.1, 0.15) is 11.6 Å². The number of aryl methyl sites for hydroxylation is 1. The number of nitrogens with two attached hydrogens (primary N) is 1. The average molecular weight is 381 g/mol. The first kappa shape index (κ1) is 19.0. The molecule has 0 unspecified atom stereocenters. The molecule has 0 atom stereocenters. The molecule has 0 fully saturated rings. The number of aromatic nitrogens is 2. The van der Waals surface area contributed by atoms with Gasteiger partial charge in [-0.2, -0.15) is 5.10 Å². The van der Waals surface area contributed by atoms with Gasteiger partial charge in [0.2, 0.25) is 11.8 Å². The van der Waals surface area contributed by atoms with Crippen molar-refractivity contribution >= 4 is 35.2 Å². The Morgan fingerprint density at radius 1 is 1.32 bits per heavy atom. The maximum Gasteiger partial charge on any atom is 0.287 e. The minimum absolute atomic E-state index is 0.0120. The highest BCUT2D eigenvalue weighted by atomic mass is 35.5. The number of thioether (sulfide) groups is 1. The molecule has 1 aromatic heterocycles. The zero-order chi connectivity index (χ0) is 18.4. The third-order valence-electron chi connectivity index (χ3n) is 3.23. The number of benzene rings is 1. The number of amides is 2. The van der Waals surface area contributed by atoms with E-state index in [1.165, 1.54) is 6.20 Å². The summed E-state index contributed by atoms with van der Waals surface area (Å²) in [5.41, 5.74) is 6.55. The molecule has 0 saturated carbocycles. The van der Waals surface area contributed by atoms with E-state index >= 15 is 0 Å². The summed E-state index contributed by atoms with van der Waals surface area (Å²) < 4.78 is 0.973. The second-order valence-corrected chi connectivity index (χ2v) is 6.70. The summed E-state index contributed by atoms with van der Waals surface area (Å²) in [6.45, 7) is 2.09. The Labute approximate surface area is 153 Å². The molecule has 0 saturated heterocycles. The molecule has 0 spiro atoms. The highest BCUT2D eigenvalue weighted by molar-refractivity contribution is 8.00. The van der Waals surface area contributed by atoms with Crippen LogP contribution < -0.4 is 16.6 Å². The maximum atomic E-state index is 12.1. The fourth-order valence-corrected chi connectivity index (χ4v) is 2.85. The Kier molecular flexibility index (Phi) is 6.60. The largest absolute Gasteiger partial charge is 0.369 e. The molecule has 0 aliphatic rings. The third-order valence-corrected chi connectivity index (χ3v) is 4.75. The first-order valence-corrected chi connectivity index (χ1v) is 8.72. The van der Waals surface area contributed by atoms with E-state index in [0.29, 0.717) is 11.4 Å². The van der Waals surface area contributed by atoms with E-state index in [-0.39, 0.29) is 23.2 Å². The molecule has 25 heavy (non-hydrogen) atoms. The molecule has 2 amide bonds. The summed E-state index contributed by atoms with van der Waals surface area (Å²) in [5.74, 6) is -0.897. The fourth-order valence-electron chi connectivity index (χ4n) is 1.91. The number of halogens is 1. The van der Waals surface area contributed by atoms with Crippen molar-refractivity contribution < 1.29 is 9.59 Å². The van der Waals surface area contributed by atoms with Gasteiger partial charge < -0.3 is 11.1 Å². The molecule has 9 heteroatoms. The van der Waals surface area contributed by atoms with E-state index in [0.717, 1.165) is 27.6 Å². The van der Waals surface area contributed by atoms with Gasteiger partial charge in [0.25, 0.3) is 5.56 Å². The van der Waals surface area contributed by atoms with Crippen molar-refractivity contribution in [1.82, 2.24) is 15.1 Å². The van der Waals surface area contributed by atoms with Crippen molar-refractivity contribution in [3.63, 3.8) is 0 Å². The molecule has 1 heterocycles. The predicted molar refractivity (Wildman–Crippen MR) is 96.5 cm³/mol. The molecule has 0 radical (unpaired) electrons. The maximum absolute atomic E-state index is 12.1. The van der Waals surface area contributed by atoms with Crippen molar-refractivity contribution in [3.05, 3.63) is 57.0 Å². The number of hydrogen-bond acceptors (Lipinski definition) is 5. The monoisotopic (exact) mass is 380 g/mol. The minimum Gasteiger partial charge on any atom is -0.369 e. The third kappa shape index (κ3) is 5.61. The lowest BCUT2D eigenvalue weighted by molar-refractivity contribution is -0.122. The zero-order valence-electron chi connectivity index (χ0n) is 13.5. The van der Waals surface area contributed by atoms with E-state index < -0.39 is 11.5 Å². The first-order chi connectivity index (χ1) is 11.9. The number of carbonyl (C=O) groups is 2. The van der Waals surface area contributed by atoms with Crippen LogP contribution in [-0.2, 0) is 22.7 Å². The normalized spacial score (nSPS) is 10.5. The molecule has 7 nitrogen and oxygen atoms in total. The summed E-state index contributed by atoms with van der Waals surface area (Å²) in [5, 5.41) is 6.54. The van der Waals surface area contributed by atoms with Gasteiger partial charge in [-0.15, -0.1) is 11.8 Å². The van der Waals surface area contributed by atoms with Crippen molar-refractivity contribution in [3.8, 4) is 0 Å². The average Bonchev–Trinajstić information content (AvgIpc) is 2.57. The Morgan fingerprint density at radius 2 is 2.00 bits per heavy atom. The molecule has 0 bridgehead atoms. The van der Waals surface area contributed by atoms with Gasteiger partial charge in [0.15, 0.2) is 0 Å². The molecule has 2 aromatic rings. The Morgan fingerprint density at radius 3 is 2.64 bits per heavy atom. The summed E-state index contributed by atoms with van der Waals surface area (Å²) >= 11 is 7.00. The Bertz CT molecular complexity index is 836. The molecular formula is C16H17ClN4O3S. The number of rotatable bonds is 7. The van der Waals surface area contributed by atoms with E-state index in [1.807, 2.05) is 31.2 Å². The molecule has 0 aliphatic carbocycles. The minimum atomic E-state index is -0.596. The molecule has 3 N–H and O–H groups in total. The van der Waals surface area contributed by atoms with E-state index in [1.54, 1.807) is 0 Å². The Balaban J connectivity index is 1.98. The summed E-state index contributed by atoms with van der Waals surface area (Å²) in [4.78, 5) is 35.3. The highest BCUT2D eigenvalue weighted by Gasteiger charge is 2.13. The van der Waals surface area contributed by atoms with Crippen LogP contribution >= 0.6 is 23.4 Å². The Hall–Kier alpha value is -2.32. The van der Waals surface area contributed by atoms with Gasteiger partial charge in [0.05, 0.1) is 16.8 Å². The van der Waals surface area contributed by atoms with E-state index in [2.05, 4.69) is 10.4 Å². The number of nitrogens with zero attached hydrogens (tertiary/aromatic N) is 2. The van der Waals surface area contributed by atoms with Crippen LogP contribution in [0.1, 0.15) is 11.1 Å². The molecule has 132 valence electrons. The van der Waals surface area contributed by atoms with E-state index in [4.69, 9.17) is 17.3 Å². The van der Waals surface area contributed by atoms with Gasteiger partial charge >= 0.3 is 0 Å². The van der Waals surface area contributed by atoms with Gasteiger partial charge in [0, 0.05) is 6.54 Å². The highest BCUT2D eigenvalue weighted by Crippen LogP contribution is 2.22. The van der Waals surface area contributed by atoms with Crippen LogP contribution in [0.5, 0.6) is 0 Å². The van der Waals surface area contributed by atoms with Crippen molar-refractivity contribution in [2.75, 3.05) is 5.75 Å². The number of primary amides is 1. The van der Waals surface area contributed by atoms with Crippen LogP contribution in [0.15, 0.2) is 40.2 Å². The van der Waals surface area contributed by atoms with Crippen LogP contribution in [0.4, 0.5) is 0 Å². The van der Waals surface area contributed by atoms with Crippen LogP contribution in [-0.4, -0.2) is 27.3 Å². The lowest BCUT2D eigenvalue weighted by atomic mass is 10.1. The lowest BCUT2D eigenvalue weighted by Gasteiger charge is -2.09. The fraction of sp³-hybridized carbons (Fsp3) is 0.250. The summed E-state index contributed by atoms with van der Waals surface area (Å²) in [7, 11) is 0.